The van der Waals surface area contributed by atoms with Gasteiger partial charge in [0.25, 0.3) is 0 Å². The summed E-state index contributed by atoms with van der Waals surface area (Å²) in [6, 6.07) is 4.04. The zero-order valence-corrected chi connectivity index (χ0v) is 13.7. The first-order valence-electron chi connectivity index (χ1n) is 7.83. The molecule has 2 amide bonds. The van der Waals surface area contributed by atoms with Crippen molar-refractivity contribution in [2.75, 3.05) is 38.0 Å². The van der Waals surface area contributed by atoms with Gasteiger partial charge in [0.1, 0.15) is 5.82 Å². The molecule has 0 radical (unpaired) electrons. The van der Waals surface area contributed by atoms with Crippen LogP contribution in [0, 0.1) is 5.82 Å². The number of nitrogens with one attached hydrogen (secondary N) is 1. The minimum Gasteiger partial charge on any atom is -0.322 e. The number of anilines is 1. The van der Waals surface area contributed by atoms with Crippen molar-refractivity contribution in [2.24, 2.45) is 0 Å². The normalized spacial score (nSPS) is 15.9. The van der Waals surface area contributed by atoms with Crippen molar-refractivity contribution in [3.63, 3.8) is 0 Å². The molecule has 4 nitrogen and oxygen atoms in total. The average molecular weight is 328 g/mol. The number of urea groups is 1. The summed E-state index contributed by atoms with van der Waals surface area (Å²) < 4.78 is 13.1. The maximum atomic E-state index is 13.1. The van der Waals surface area contributed by atoms with Crippen LogP contribution in [0.1, 0.15) is 26.2 Å². The van der Waals surface area contributed by atoms with E-state index in [1.807, 2.05) is 0 Å². The highest BCUT2D eigenvalue weighted by atomic mass is 35.5. The number of hydrogen-bond acceptors (Lipinski definition) is 2. The lowest BCUT2D eigenvalue weighted by atomic mass is 10.2. The van der Waals surface area contributed by atoms with E-state index in [-0.39, 0.29) is 11.1 Å². The summed E-state index contributed by atoms with van der Waals surface area (Å²) in [4.78, 5) is 16.4. The van der Waals surface area contributed by atoms with E-state index in [1.165, 1.54) is 37.5 Å². The van der Waals surface area contributed by atoms with Crippen LogP contribution >= 0.6 is 11.6 Å². The third-order valence-electron chi connectivity index (χ3n) is 3.91. The fourth-order valence-corrected chi connectivity index (χ4v) is 2.72. The fourth-order valence-electron chi connectivity index (χ4n) is 2.54. The third kappa shape index (κ3) is 4.85. The van der Waals surface area contributed by atoms with Gasteiger partial charge in [-0.25, -0.2) is 9.18 Å². The smallest absolute Gasteiger partial charge is 0.321 e. The second kappa shape index (κ2) is 8.34. The molecule has 1 aromatic rings. The first-order valence-corrected chi connectivity index (χ1v) is 8.21. The lowest BCUT2D eigenvalue weighted by Crippen LogP contribution is -2.50. The van der Waals surface area contributed by atoms with Crippen LogP contribution in [0.15, 0.2) is 18.2 Å². The highest BCUT2D eigenvalue weighted by Crippen LogP contribution is 2.19. The van der Waals surface area contributed by atoms with Gasteiger partial charge < -0.3 is 10.2 Å². The summed E-state index contributed by atoms with van der Waals surface area (Å²) in [5.41, 5.74) is 0.516. The lowest BCUT2D eigenvalue weighted by Gasteiger charge is -2.34. The van der Waals surface area contributed by atoms with Gasteiger partial charge in [-0.05, 0) is 31.2 Å². The number of piperazine rings is 1. The van der Waals surface area contributed by atoms with Crippen molar-refractivity contribution in [3.05, 3.63) is 29.0 Å². The van der Waals surface area contributed by atoms with E-state index in [1.54, 1.807) is 4.90 Å². The van der Waals surface area contributed by atoms with Crippen LogP contribution in [0.3, 0.4) is 0 Å². The van der Waals surface area contributed by atoms with Gasteiger partial charge in [-0.3, -0.25) is 4.90 Å². The highest BCUT2D eigenvalue weighted by Gasteiger charge is 2.20. The van der Waals surface area contributed by atoms with Crippen LogP contribution in [0.5, 0.6) is 0 Å². The number of unbranched alkanes of at least 4 members (excludes halogenated alkanes) is 2. The number of nitrogens with zero attached hydrogens (tertiary/aromatic N) is 2. The Hall–Kier alpha value is -1.33. The first-order chi connectivity index (χ1) is 10.6. The summed E-state index contributed by atoms with van der Waals surface area (Å²) in [6.07, 6.45) is 3.70. The Balaban J connectivity index is 1.78. The monoisotopic (exact) mass is 327 g/mol. The Labute approximate surface area is 136 Å². The van der Waals surface area contributed by atoms with Gasteiger partial charge in [-0.2, -0.15) is 0 Å². The molecule has 6 heteroatoms. The minimum atomic E-state index is -0.486. The Morgan fingerprint density at radius 1 is 1.27 bits per heavy atom. The van der Waals surface area contributed by atoms with Crippen LogP contribution in [0.25, 0.3) is 0 Å². The molecule has 0 aromatic heterocycles. The largest absolute Gasteiger partial charge is 0.322 e. The third-order valence-corrected chi connectivity index (χ3v) is 4.20. The average Bonchev–Trinajstić information content (AvgIpc) is 2.52. The van der Waals surface area contributed by atoms with Gasteiger partial charge in [0.2, 0.25) is 0 Å². The second-order valence-electron chi connectivity index (χ2n) is 5.59. The van der Waals surface area contributed by atoms with Crippen molar-refractivity contribution in [1.82, 2.24) is 9.80 Å². The molecule has 1 fully saturated rings. The number of amides is 2. The maximum absolute atomic E-state index is 13.1. The number of carbonyl (C=O) groups excluding carboxylic acids is 1. The van der Waals surface area contributed by atoms with Gasteiger partial charge in [-0.15, -0.1) is 0 Å². The molecule has 0 unspecified atom stereocenters. The molecule has 1 saturated heterocycles. The zero-order chi connectivity index (χ0) is 15.9. The molecule has 0 saturated carbocycles. The molecule has 1 N–H and O–H groups in total. The molecule has 2 rings (SSSR count). The van der Waals surface area contributed by atoms with Gasteiger partial charge in [0, 0.05) is 31.9 Å². The fraction of sp³-hybridized carbons (Fsp3) is 0.562. The molecule has 1 aromatic carbocycles. The number of benzene rings is 1. The van der Waals surface area contributed by atoms with Crippen molar-refractivity contribution in [2.45, 2.75) is 26.2 Å². The van der Waals surface area contributed by atoms with Crippen LogP contribution in [0.2, 0.25) is 5.02 Å². The molecule has 0 aliphatic carbocycles. The van der Waals surface area contributed by atoms with Gasteiger partial charge in [-0.1, -0.05) is 31.4 Å². The molecular weight excluding hydrogens is 305 g/mol. The highest BCUT2D eigenvalue weighted by molar-refractivity contribution is 6.31. The van der Waals surface area contributed by atoms with Gasteiger partial charge >= 0.3 is 6.03 Å². The van der Waals surface area contributed by atoms with E-state index in [4.69, 9.17) is 11.6 Å². The minimum absolute atomic E-state index is 0.0125. The topological polar surface area (TPSA) is 35.6 Å². The van der Waals surface area contributed by atoms with Crippen molar-refractivity contribution in [3.8, 4) is 0 Å². The van der Waals surface area contributed by atoms with E-state index in [0.717, 1.165) is 19.6 Å². The summed E-state index contributed by atoms with van der Waals surface area (Å²) in [7, 11) is 0. The lowest BCUT2D eigenvalue weighted by molar-refractivity contribution is 0.146. The Morgan fingerprint density at radius 2 is 2.00 bits per heavy atom. The molecule has 1 aliphatic rings. The standard InChI is InChI=1S/C16H23ClFN3O/c1-2-3-4-7-20-8-10-21(11-9-20)16(22)19-13-5-6-15(18)14(17)12-13/h5-6,12H,2-4,7-11H2,1H3,(H,19,22). The Kier molecular flexibility index (Phi) is 6.46. The predicted octanol–water partition coefficient (Wildman–Crippen LogP) is 3.82. The van der Waals surface area contributed by atoms with Crippen LogP contribution < -0.4 is 5.32 Å². The summed E-state index contributed by atoms with van der Waals surface area (Å²) in [5, 5.41) is 2.78. The second-order valence-corrected chi connectivity index (χ2v) is 6.00. The molecular formula is C16H23ClFN3O. The van der Waals surface area contributed by atoms with Gasteiger partial charge in [0.15, 0.2) is 0 Å². The van der Waals surface area contributed by atoms with Crippen LogP contribution in [0.4, 0.5) is 14.9 Å². The number of hydrogen-bond donors (Lipinski definition) is 1. The number of rotatable bonds is 5. The van der Waals surface area contributed by atoms with Crippen molar-refractivity contribution in [1.29, 1.82) is 0 Å². The van der Waals surface area contributed by atoms with Crippen molar-refractivity contribution < 1.29 is 9.18 Å². The van der Waals surface area contributed by atoms with E-state index in [2.05, 4.69) is 17.1 Å². The predicted molar refractivity (Wildman–Crippen MR) is 88.0 cm³/mol. The molecule has 0 atom stereocenters. The molecule has 122 valence electrons. The van der Waals surface area contributed by atoms with E-state index in [0.29, 0.717) is 18.8 Å². The van der Waals surface area contributed by atoms with E-state index in [9.17, 15) is 9.18 Å². The molecule has 22 heavy (non-hydrogen) atoms. The molecule has 0 bridgehead atoms. The summed E-state index contributed by atoms with van der Waals surface area (Å²) in [6.45, 7) is 6.54. The molecule has 1 aliphatic heterocycles. The van der Waals surface area contributed by atoms with E-state index >= 15 is 0 Å². The van der Waals surface area contributed by atoms with Crippen LogP contribution in [-0.2, 0) is 0 Å². The number of carbonyl (C=O) groups is 1. The first kappa shape index (κ1) is 17.0. The zero-order valence-electron chi connectivity index (χ0n) is 12.9. The SMILES string of the molecule is CCCCCN1CCN(C(=O)Nc2ccc(F)c(Cl)c2)CC1. The summed E-state index contributed by atoms with van der Waals surface area (Å²) in [5.74, 6) is -0.486. The maximum Gasteiger partial charge on any atom is 0.321 e. The van der Waals surface area contributed by atoms with Crippen LogP contribution in [-0.4, -0.2) is 48.6 Å². The quantitative estimate of drug-likeness (QED) is 0.834. The Bertz CT molecular complexity index is 504. The number of halogens is 2. The van der Waals surface area contributed by atoms with Crippen molar-refractivity contribution >= 4 is 23.3 Å². The molecule has 0 spiro atoms. The summed E-state index contributed by atoms with van der Waals surface area (Å²) >= 11 is 5.72. The van der Waals surface area contributed by atoms with Gasteiger partial charge in [0.05, 0.1) is 5.02 Å². The Morgan fingerprint density at radius 3 is 2.64 bits per heavy atom. The molecule has 1 heterocycles. The van der Waals surface area contributed by atoms with E-state index < -0.39 is 5.82 Å².